The van der Waals surface area contributed by atoms with Crippen molar-refractivity contribution in [3.63, 3.8) is 0 Å². The number of rotatable bonds is 8. The summed E-state index contributed by atoms with van der Waals surface area (Å²) in [5.74, 6) is -3.39. The fourth-order valence-corrected chi connectivity index (χ4v) is 8.62. The summed E-state index contributed by atoms with van der Waals surface area (Å²) in [7, 11) is 3.00. The maximum atomic E-state index is 13.2. The van der Waals surface area contributed by atoms with Crippen LogP contribution in [0.4, 0.5) is 0 Å². The standard InChI is InChI=1S/C40H40BN2O8/c1-40(25-7-5-4-6-8-25,26-11-15-28(16-12-26)50-38(48)23-9-19-30-32(21-23)35(45)42(3)34(30)44)27-13-17-29(18-14-27)51-39(49)24-10-20-31-33(22-24)37(47)43(41-2)36(31)46/h4-8,11-18,23-24,30-33H,9-10,19-22H2,1-3H3. The number of likely N-dealkylation sites (tertiary alicyclic amines) is 1. The minimum Gasteiger partial charge on any atom is -0.426 e. The molecule has 0 spiro atoms. The van der Waals surface area contributed by atoms with Gasteiger partial charge in [-0.2, -0.15) is 0 Å². The molecule has 0 aromatic heterocycles. The Kier molecular flexibility index (Phi) is 9.16. The maximum Gasteiger partial charge on any atom is 0.314 e. The predicted molar refractivity (Wildman–Crippen MR) is 186 cm³/mol. The van der Waals surface area contributed by atoms with Gasteiger partial charge in [0.15, 0.2) is 0 Å². The van der Waals surface area contributed by atoms with Crippen LogP contribution in [0, 0.1) is 35.5 Å². The number of ether oxygens (including phenoxy) is 2. The molecule has 4 amide bonds. The summed E-state index contributed by atoms with van der Waals surface area (Å²) in [6, 6.07) is 24.8. The minimum absolute atomic E-state index is 0.160. The first-order valence-corrected chi connectivity index (χ1v) is 17.7. The molecule has 51 heavy (non-hydrogen) atoms. The van der Waals surface area contributed by atoms with E-state index in [2.05, 4.69) is 6.92 Å². The van der Waals surface area contributed by atoms with Gasteiger partial charge in [-0.05, 0) is 86.4 Å². The fourth-order valence-electron chi connectivity index (χ4n) is 8.62. The third-order valence-electron chi connectivity index (χ3n) is 11.7. The molecular formula is C40H40BN2O8. The van der Waals surface area contributed by atoms with E-state index in [4.69, 9.17) is 9.47 Å². The first-order chi connectivity index (χ1) is 24.5. The largest absolute Gasteiger partial charge is 0.426 e. The van der Waals surface area contributed by atoms with Crippen molar-refractivity contribution in [2.75, 3.05) is 7.05 Å². The van der Waals surface area contributed by atoms with Crippen molar-refractivity contribution < 1.29 is 38.2 Å². The van der Waals surface area contributed by atoms with Gasteiger partial charge < -0.3 is 14.3 Å². The molecule has 0 bridgehead atoms. The van der Waals surface area contributed by atoms with Gasteiger partial charge >= 0.3 is 11.9 Å². The molecule has 0 N–H and O–H groups in total. The van der Waals surface area contributed by atoms with Crippen LogP contribution in [-0.2, 0) is 34.2 Å². The topological polar surface area (TPSA) is 127 Å². The van der Waals surface area contributed by atoms with Crippen LogP contribution in [0.15, 0.2) is 78.9 Å². The van der Waals surface area contributed by atoms with Crippen molar-refractivity contribution >= 4 is 43.0 Å². The Hall–Kier alpha value is -5.06. The summed E-state index contributed by atoms with van der Waals surface area (Å²) in [6.07, 6.45) is 2.58. The number of imide groups is 2. The lowest BCUT2D eigenvalue weighted by atomic mass is 9.71. The second kappa shape index (κ2) is 13.6. The average molecular weight is 688 g/mol. The molecule has 1 radical (unpaired) electrons. The predicted octanol–water partition coefficient (Wildman–Crippen LogP) is 4.95. The highest BCUT2D eigenvalue weighted by Crippen LogP contribution is 2.43. The molecule has 3 aromatic rings. The van der Waals surface area contributed by atoms with Gasteiger partial charge in [0.1, 0.15) is 11.5 Å². The number of esters is 2. The third-order valence-corrected chi connectivity index (χ3v) is 11.7. The van der Waals surface area contributed by atoms with E-state index in [-0.39, 0.29) is 35.5 Å². The molecule has 2 saturated carbocycles. The lowest BCUT2D eigenvalue weighted by molar-refractivity contribution is -0.143. The van der Waals surface area contributed by atoms with Crippen molar-refractivity contribution in [2.24, 2.45) is 35.5 Å². The Bertz CT molecular complexity index is 1880. The smallest absolute Gasteiger partial charge is 0.314 e. The molecule has 7 atom stereocenters. The average Bonchev–Trinajstić information content (AvgIpc) is 3.53. The van der Waals surface area contributed by atoms with Crippen LogP contribution < -0.4 is 9.47 Å². The number of benzene rings is 3. The van der Waals surface area contributed by atoms with Crippen molar-refractivity contribution in [1.29, 1.82) is 0 Å². The van der Waals surface area contributed by atoms with E-state index < -0.39 is 41.0 Å². The number of nitrogens with zero attached hydrogens (tertiary/aromatic N) is 2. The normalized spacial score (nSPS) is 27.0. The van der Waals surface area contributed by atoms with Gasteiger partial charge in [-0.1, -0.05) is 61.4 Å². The molecule has 7 unspecified atom stereocenters. The minimum atomic E-state index is -0.623. The van der Waals surface area contributed by atoms with Gasteiger partial charge in [0.2, 0.25) is 23.6 Å². The Balaban J connectivity index is 1.04. The molecule has 10 nitrogen and oxygen atoms in total. The zero-order valence-corrected chi connectivity index (χ0v) is 29.0. The molecule has 11 heteroatoms. The monoisotopic (exact) mass is 687 g/mol. The van der Waals surface area contributed by atoms with E-state index in [0.29, 0.717) is 50.0 Å². The molecule has 4 fully saturated rings. The molecule has 7 rings (SSSR count). The van der Waals surface area contributed by atoms with Crippen LogP contribution in [0.2, 0.25) is 6.82 Å². The Morgan fingerprint density at radius 1 is 0.608 bits per heavy atom. The summed E-state index contributed by atoms with van der Waals surface area (Å²) < 4.78 is 11.6. The zero-order chi connectivity index (χ0) is 36.0. The molecule has 4 aliphatic rings. The van der Waals surface area contributed by atoms with Gasteiger partial charge in [-0.15, -0.1) is 0 Å². The number of carbonyl (C=O) groups is 6. The summed E-state index contributed by atoms with van der Waals surface area (Å²) in [4.78, 5) is 79.0. The van der Waals surface area contributed by atoms with E-state index in [1.165, 1.54) is 24.2 Å². The quantitative estimate of drug-likeness (QED) is 0.107. The second-order valence-electron chi connectivity index (χ2n) is 14.4. The van der Waals surface area contributed by atoms with Gasteiger partial charge in [0, 0.05) is 24.3 Å². The maximum absolute atomic E-state index is 13.2. The summed E-state index contributed by atoms with van der Waals surface area (Å²) >= 11 is 0. The molecule has 3 aromatic carbocycles. The Morgan fingerprint density at radius 3 is 1.51 bits per heavy atom. The number of amides is 4. The molecule has 2 aliphatic carbocycles. The summed E-state index contributed by atoms with van der Waals surface area (Å²) in [5.41, 5.74) is 2.30. The van der Waals surface area contributed by atoms with Crippen LogP contribution in [0.1, 0.15) is 62.1 Å². The highest BCUT2D eigenvalue weighted by molar-refractivity contribution is 6.42. The summed E-state index contributed by atoms with van der Waals surface area (Å²) in [6.45, 7) is 3.77. The van der Waals surface area contributed by atoms with Gasteiger partial charge in [-0.25, -0.2) is 0 Å². The van der Waals surface area contributed by atoms with Crippen molar-refractivity contribution in [3.8, 4) is 11.5 Å². The van der Waals surface area contributed by atoms with Gasteiger partial charge in [0.05, 0.1) is 23.7 Å². The Morgan fingerprint density at radius 2 is 1.02 bits per heavy atom. The van der Waals surface area contributed by atoms with Gasteiger partial charge in [0.25, 0.3) is 7.41 Å². The first kappa shape index (κ1) is 34.4. The van der Waals surface area contributed by atoms with E-state index in [9.17, 15) is 28.8 Å². The highest BCUT2D eigenvalue weighted by Gasteiger charge is 2.51. The molecule has 2 saturated heterocycles. The second-order valence-corrected chi connectivity index (χ2v) is 14.4. The van der Waals surface area contributed by atoms with E-state index in [0.717, 1.165) is 16.7 Å². The number of fused-ring (bicyclic) bond motifs is 2. The van der Waals surface area contributed by atoms with Crippen LogP contribution in [-0.4, -0.2) is 59.7 Å². The van der Waals surface area contributed by atoms with Crippen molar-refractivity contribution in [1.82, 2.24) is 9.71 Å². The lowest BCUT2D eigenvalue weighted by Crippen LogP contribution is -2.33. The van der Waals surface area contributed by atoms with E-state index >= 15 is 0 Å². The summed E-state index contributed by atoms with van der Waals surface area (Å²) in [5, 5.41) is 0. The molecule has 261 valence electrons. The first-order valence-electron chi connectivity index (χ1n) is 17.7. The van der Waals surface area contributed by atoms with Crippen LogP contribution in [0.3, 0.4) is 0 Å². The van der Waals surface area contributed by atoms with Crippen molar-refractivity contribution in [2.45, 2.75) is 57.7 Å². The van der Waals surface area contributed by atoms with Gasteiger partial charge in [-0.3, -0.25) is 33.7 Å². The van der Waals surface area contributed by atoms with Crippen molar-refractivity contribution in [3.05, 3.63) is 95.6 Å². The van der Waals surface area contributed by atoms with Crippen LogP contribution in [0.25, 0.3) is 0 Å². The zero-order valence-electron chi connectivity index (χ0n) is 29.0. The van der Waals surface area contributed by atoms with E-state index in [1.807, 2.05) is 54.6 Å². The van der Waals surface area contributed by atoms with Crippen LogP contribution >= 0.6 is 0 Å². The highest BCUT2D eigenvalue weighted by atomic mass is 16.5. The number of hydrogen-bond donors (Lipinski definition) is 0. The molecular weight excluding hydrogens is 647 g/mol. The fraction of sp³-hybridized carbons (Fsp3) is 0.400. The third kappa shape index (κ3) is 6.06. The number of hydrogen-bond acceptors (Lipinski definition) is 8. The van der Waals surface area contributed by atoms with Crippen LogP contribution in [0.5, 0.6) is 11.5 Å². The Labute approximate surface area is 297 Å². The molecule has 2 aliphatic heterocycles. The molecule has 2 heterocycles. The lowest BCUT2D eigenvalue weighted by Gasteiger charge is -2.32. The van der Waals surface area contributed by atoms with E-state index in [1.54, 1.807) is 31.1 Å². The SMILES string of the molecule is C[B]N1C(=O)C2CCC(C(=O)Oc3ccc(C(C)(c4ccccc4)c4ccc(OC(=O)C5CCC6C(=O)N(C)C(=O)C6C5)cc4)cc3)CC2C1=O. The number of carbonyl (C=O) groups excluding carboxylic acids is 6.